The van der Waals surface area contributed by atoms with Crippen LogP contribution in [0.4, 0.5) is 17.6 Å². The van der Waals surface area contributed by atoms with E-state index in [1.807, 2.05) is 0 Å². The molecule has 0 N–H and O–H groups in total. The van der Waals surface area contributed by atoms with Gasteiger partial charge in [0.2, 0.25) is 0 Å². The van der Waals surface area contributed by atoms with Crippen molar-refractivity contribution in [1.29, 1.82) is 0 Å². The minimum Gasteiger partial charge on any atom is -0.284 e. The van der Waals surface area contributed by atoms with Crippen molar-refractivity contribution in [3.8, 4) is 0 Å². The van der Waals surface area contributed by atoms with E-state index in [1.165, 1.54) is 17.8 Å². The van der Waals surface area contributed by atoms with Crippen molar-refractivity contribution in [2.24, 2.45) is 0 Å². The topological polar surface area (TPSA) is 17.1 Å². The van der Waals surface area contributed by atoms with Gasteiger partial charge in [-0.2, -0.15) is 13.2 Å². The van der Waals surface area contributed by atoms with Gasteiger partial charge < -0.3 is 0 Å². The lowest BCUT2D eigenvalue weighted by molar-refractivity contribution is -0.0887. The number of rotatable bonds is 2. The van der Waals surface area contributed by atoms with Gasteiger partial charge in [-0.3, -0.25) is 4.79 Å². The van der Waals surface area contributed by atoms with E-state index < -0.39 is 23.3 Å². The van der Waals surface area contributed by atoms with E-state index in [1.54, 1.807) is 6.26 Å². The molecule has 0 saturated heterocycles. The van der Waals surface area contributed by atoms with Crippen LogP contribution in [-0.2, 0) is 0 Å². The normalized spacial score (nSPS) is 11.5. The van der Waals surface area contributed by atoms with Crippen molar-refractivity contribution in [2.45, 2.75) is 11.1 Å². The van der Waals surface area contributed by atoms with Gasteiger partial charge in [0.25, 0.3) is 5.78 Å². The molecule has 15 heavy (non-hydrogen) atoms. The largest absolute Gasteiger partial charge is 0.454 e. The van der Waals surface area contributed by atoms with Crippen LogP contribution in [0.3, 0.4) is 0 Å². The second kappa shape index (κ2) is 4.22. The monoisotopic (exact) mass is 238 g/mol. The highest BCUT2D eigenvalue weighted by atomic mass is 32.2. The van der Waals surface area contributed by atoms with Crippen molar-refractivity contribution in [2.75, 3.05) is 6.26 Å². The third kappa shape index (κ3) is 2.71. The highest BCUT2D eigenvalue weighted by Crippen LogP contribution is 2.25. The van der Waals surface area contributed by atoms with Crippen LogP contribution >= 0.6 is 11.8 Å². The molecule has 1 nitrogen and oxygen atoms in total. The van der Waals surface area contributed by atoms with Crippen molar-refractivity contribution in [1.82, 2.24) is 0 Å². The molecule has 1 aromatic rings. The highest BCUT2D eigenvalue weighted by molar-refractivity contribution is 7.98. The predicted octanol–water partition coefficient (Wildman–Crippen LogP) is 3.29. The molecule has 0 unspecified atom stereocenters. The maximum absolute atomic E-state index is 13.1. The minimum absolute atomic E-state index is 0.464. The van der Waals surface area contributed by atoms with Gasteiger partial charge >= 0.3 is 6.18 Å². The quantitative estimate of drug-likeness (QED) is 0.446. The number of hydrogen-bond donors (Lipinski definition) is 0. The van der Waals surface area contributed by atoms with Crippen LogP contribution < -0.4 is 0 Å². The first kappa shape index (κ1) is 12.0. The molecule has 0 atom stereocenters. The summed E-state index contributed by atoms with van der Waals surface area (Å²) in [6.45, 7) is 0. The van der Waals surface area contributed by atoms with Gasteiger partial charge in [-0.1, -0.05) is 0 Å². The molecule has 0 heterocycles. The van der Waals surface area contributed by atoms with Crippen molar-refractivity contribution in [3.05, 3.63) is 29.6 Å². The summed E-state index contributed by atoms with van der Waals surface area (Å²) in [6, 6.07) is 3.02. The van der Waals surface area contributed by atoms with E-state index in [9.17, 15) is 22.4 Å². The Balaban J connectivity index is 3.12. The maximum Gasteiger partial charge on any atom is 0.454 e. The van der Waals surface area contributed by atoms with Gasteiger partial charge in [-0.25, -0.2) is 4.39 Å². The first-order valence-electron chi connectivity index (χ1n) is 3.81. The molecule has 0 amide bonds. The van der Waals surface area contributed by atoms with E-state index in [0.717, 1.165) is 12.1 Å². The molecule has 0 aromatic heterocycles. The van der Waals surface area contributed by atoms with Crippen LogP contribution in [0, 0.1) is 5.82 Å². The Kier molecular flexibility index (Phi) is 3.38. The Hall–Kier alpha value is -1.04. The molecule has 6 heteroatoms. The molecule has 0 aliphatic carbocycles. The number of alkyl halides is 3. The summed E-state index contributed by atoms with van der Waals surface area (Å²) in [7, 11) is 0. The number of benzene rings is 1. The number of carbonyl (C=O) groups excluding carboxylic acids is 1. The molecule has 0 spiro atoms. The summed E-state index contributed by atoms with van der Waals surface area (Å²) in [6.07, 6.45) is -3.39. The fourth-order valence-electron chi connectivity index (χ4n) is 0.960. The van der Waals surface area contributed by atoms with Gasteiger partial charge in [0.15, 0.2) is 0 Å². The van der Waals surface area contributed by atoms with E-state index in [-0.39, 0.29) is 0 Å². The Labute approximate surface area is 87.5 Å². The number of thioether (sulfide) groups is 1. The summed E-state index contributed by atoms with van der Waals surface area (Å²) >= 11 is 1.18. The lowest BCUT2D eigenvalue weighted by Crippen LogP contribution is -2.23. The summed E-state index contributed by atoms with van der Waals surface area (Å²) in [5.74, 6) is -3.31. The molecule has 0 bridgehead atoms. The molecular formula is C9H6F4OS. The fraction of sp³-hybridized carbons (Fsp3) is 0.222. The highest BCUT2D eigenvalue weighted by Gasteiger charge is 2.40. The molecule has 1 rings (SSSR count). The number of ketones is 1. The van der Waals surface area contributed by atoms with Crippen molar-refractivity contribution < 1.29 is 22.4 Å². The van der Waals surface area contributed by atoms with Crippen molar-refractivity contribution in [3.63, 3.8) is 0 Å². The Morgan fingerprint density at radius 1 is 1.33 bits per heavy atom. The Bertz CT molecular complexity index is 386. The lowest BCUT2D eigenvalue weighted by Gasteiger charge is -2.06. The van der Waals surface area contributed by atoms with Crippen molar-refractivity contribution >= 4 is 17.5 Å². The zero-order valence-corrected chi connectivity index (χ0v) is 8.38. The third-order valence-corrected chi connectivity index (χ3v) is 2.40. The van der Waals surface area contributed by atoms with E-state index >= 15 is 0 Å². The molecule has 0 fully saturated rings. The zero-order chi connectivity index (χ0) is 11.6. The van der Waals surface area contributed by atoms with E-state index in [0.29, 0.717) is 4.90 Å². The van der Waals surface area contributed by atoms with Gasteiger partial charge in [-0.15, -0.1) is 11.8 Å². The van der Waals surface area contributed by atoms with Crippen LogP contribution in [0.5, 0.6) is 0 Å². The molecule has 82 valence electrons. The molecule has 0 aliphatic heterocycles. The average Bonchev–Trinajstić information content (AvgIpc) is 2.15. The summed E-state index contributed by atoms with van der Waals surface area (Å²) in [5.41, 5.74) is -0.944. The number of carbonyl (C=O) groups is 1. The predicted molar refractivity (Wildman–Crippen MR) is 48.6 cm³/mol. The first-order chi connectivity index (χ1) is 6.86. The van der Waals surface area contributed by atoms with Crippen LogP contribution in [0.2, 0.25) is 0 Å². The van der Waals surface area contributed by atoms with Gasteiger partial charge in [0, 0.05) is 4.90 Å². The first-order valence-corrected chi connectivity index (χ1v) is 5.04. The fourth-order valence-corrected chi connectivity index (χ4v) is 1.39. The van der Waals surface area contributed by atoms with Crippen LogP contribution in [0.15, 0.2) is 23.1 Å². The lowest BCUT2D eigenvalue weighted by atomic mass is 10.1. The summed E-state index contributed by atoms with van der Waals surface area (Å²) in [5, 5.41) is 0. The Morgan fingerprint density at radius 3 is 2.33 bits per heavy atom. The van der Waals surface area contributed by atoms with Gasteiger partial charge in [0.1, 0.15) is 5.82 Å². The summed E-state index contributed by atoms with van der Waals surface area (Å²) < 4.78 is 49.0. The van der Waals surface area contributed by atoms with Crippen LogP contribution in [0.25, 0.3) is 0 Å². The maximum atomic E-state index is 13.1. The van der Waals surface area contributed by atoms with Gasteiger partial charge in [0.05, 0.1) is 5.56 Å². The second-order valence-corrected chi connectivity index (χ2v) is 3.55. The van der Waals surface area contributed by atoms with E-state index in [4.69, 9.17) is 0 Å². The average molecular weight is 238 g/mol. The van der Waals surface area contributed by atoms with E-state index in [2.05, 4.69) is 0 Å². The SMILES string of the molecule is CSc1ccc(C(=O)C(F)(F)F)c(F)c1. The standard InChI is InChI=1S/C9H6F4OS/c1-15-5-2-3-6(7(10)4-5)8(14)9(11,12)13/h2-4H,1H3. The minimum atomic E-state index is -5.04. The van der Waals surface area contributed by atoms with Crippen LogP contribution in [-0.4, -0.2) is 18.2 Å². The molecule has 0 radical (unpaired) electrons. The van der Waals surface area contributed by atoms with Gasteiger partial charge in [-0.05, 0) is 24.5 Å². The number of hydrogen-bond acceptors (Lipinski definition) is 2. The second-order valence-electron chi connectivity index (χ2n) is 2.67. The Morgan fingerprint density at radius 2 is 1.93 bits per heavy atom. The molecule has 0 aliphatic rings. The molecule has 1 aromatic carbocycles. The molecular weight excluding hydrogens is 232 g/mol. The smallest absolute Gasteiger partial charge is 0.284 e. The number of Topliss-reactive ketones (excluding diaryl/α,β-unsaturated/α-hetero) is 1. The number of halogens is 4. The van der Waals surface area contributed by atoms with Crippen LogP contribution in [0.1, 0.15) is 10.4 Å². The third-order valence-electron chi connectivity index (χ3n) is 1.68. The zero-order valence-electron chi connectivity index (χ0n) is 7.56. The summed E-state index contributed by atoms with van der Waals surface area (Å²) in [4.78, 5) is 11.2. The molecule has 0 saturated carbocycles.